The third-order valence-electron chi connectivity index (χ3n) is 3.65. The number of nitrogens with zero attached hydrogens (tertiary/aromatic N) is 3. The zero-order chi connectivity index (χ0) is 16.4. The van der Waals surface area contributed by atoms with Gasteiger partial charge in [-0.15, -0.1) is 0 Å². The lowest BCUT2D eigenvalue weighted by atomic mass is 10.1. The predicted octanol–water partition coefficient (Wildman–Crippen LogP) is 3.23. The van der Waals surface area contributed by atoms with Crippen LogP contribution in [0.5, 0.6) is 0 Å². The Hall–Kier alpha value is -2.76. The smallest absolute Gasteiger partial charge is 0.257 e. The molecule has 0 aliphatic rings. The van der Waals surface area contributed by atoms with E-state index in [9.17, 15) is 4.79 Å². The lowest BCUT2D eigenvalue weighted by molar-refractivity contribution is 0.0939. The molecule has 0 saturated heterocycles. The minimum absolute atomic E-state index is 0.188. The van der Waals surface area contributed by atoms with Gasteiger partial charge in [-0.1, -0.05) is 25.1 Å². The molecule has 0 radical (unpaired) electrons. The molecule has 6 heteroatoms. The third kappa shape index (κ3) is 3.06. The first-order valence-electron chi connectivity index (χ1n) is 7.53. The molecule has 23 heavy (non-hydrogen) atoms. The Labute approximate surface area is 133 Å². The second-order valence-corrected chi connectivity index (χ2v) is 5.75. The zero-order valence-electron chi connectivity index (χ0n) is 13.3. The number of rotatable bonds is 4. The van der Waals surface area contributed by atoms with E-state index in [0.29, 0.717) is 11.3 Å². The Bertz CT molecular complexity index is 827. The van der Waals surface area contributed by atoms with Crippen molar-refractivity contribution in [1.82, 2.24) is 20.4 Å². The van der Waals surface area contributed by atoms with E-state index in [-0.39, 0.29) is 17.9 Å². The summed E-state index contributed by atoms with van der Waals surface area (Å²) in [5.41, 5.74) is 2.54. The van der Waals surface area contributed by atoms with Crippen LogP contribution in [-0.2, 0) is 0 Å². The van der Waals surface area contributed by atoms with Crippen LogP contribution in [0.25, 0.3) is 11.1 Å². The SMILES string of the molecule is CC(C)c1noc2ncc(C(=O)NC(C)c3ccccn3)cc12. The van der Waals surface area contributed by atoms with Gasteiger partial charge in [-0.3, -0.25) is 9.78 Å². The standard InChI is InChI=1S/C17H18N4O2/c1-10(2)15-13-8-12(9-19-17(13)23-21-15)16(22)20-11(3)14-6-4-5-7-18-14/h4-11H,1-3H3,(H,20,22). The van der Waals surface area contributed by atoms with Gasteiger partial charge < -0.3 is 9.84 Å². The first-order valence-corrected chi connectivity index (χ1v) is 7.53. The molecule has 0 aliphatic carbocycles. The van der Waals surface area contributed by atoms with Crippen molar-refractivity contribution in [3.05, 3.63) is 53.6 Å². The quantitative estimate of drug-likeness (QED) is 0.800. The molecule has 6 nitrogen and oxygen atoms in total. The molecule has 1 unspecified atom stereocenters. The van der Waals surface area contributed by atoms with Crippen LogP contribution < -0.4 is 5.32 Å². The fourth-order valence-electron chi connectivity index (χ4n) is 2.38. The Morgan fingerprint density at radius 1 is 1.22 bits per heavy atom. The topological polar surface area (TPSA) is 80.9 Å². The average molecular weight is 310 g/mol. The summed E-state index contributed by atoms with van der Waals surface area (Å²) in [5.74, 6) is -0.00253. The van der Waals surface area contributed by atoms with Crippen molar-refractivity contribution in [2.45, 2.75) is 32.7 Å². The van der Waals surface area contributed by atoms with E-state index in [0.717, 1.165) is 16.8 Å². The molecule has 1 amide bonds. The maximum Gasteiger partial charge on any atom is 0.257 e. The van der Waals surface area contributed by atoms with E-state index in [1.807, 2.05) is 39.0 Å². The summed E-state index contributed by atoms with van der Waals surface area (Å²) < 4.78 is 5.19. The summed E-state index contributed by atoms with van der Waals surface area (Å²) in [6.07, 6.45) is 3.20. The number of hydrogen-bond acceptors (Lipinski definition) is 5. The van der Waals surface area contributed by atoms with Crippen molar-refractivity contribution < 1.29 is 9.32 Å². The number of nitrogens with one attached hydrogen (secondary N) is 1. The van der Waals surface area contributed by atoms with Crippen molar-refractivity contribution >= 4 is 17.0 Å². The third-order valence-corrected chi connectivity index (χ3v) is 3.65. The van der Waals surface area contributed by atoms with Crippen molar-refractivity contribution in [2.75, 3.05) is 0 Å². The predicted molar refractivity (Wildman–Crippen MR) is 86.0 cm³/mol. The number of carbonyl (C=O) groups is 1. The maximum absolute atomic E-state index is 12.4. The fourth-order valence-corrected chi connectivity index (χ4v) is 2.38. The van der Waals surface area contributed by atoms with Crippen molar-refractivity contribution in [1.29, 1.82) is 0 Å². The number of fused-ring (bicyclic) bond motifs is 1. The molecule has 0 aliphatic heterocycles. The van der Waals surface area contributed by atoms with Gasteiger partial charge in [0.1, 0.15) is 0 Å². The Balaban J connectivity index is 1.85. The van der Waals surface area contributed by atoms with Crippen molar-refractivity contribution in [3.63, 3.8) is 0 Å². The lowest BCUT2D eigenvalue weighted by Crippen LogP contribution is -2.27. The lowest BCUT2D eigenvalue weighted by Gasteiger charge is -2.13. The second kappa shape index (κ2) is 6.16. The van der Waals surface area contributed by atoms with Crippen LogP contribution in [0.1, 0.15) is 54.5 Å². The zero-order valence-corrected chi connectivity index (χ0v) is 13.3. The number of carbonyl (C=O) groups excluding carboxylic acids is 1. The summed E-state index contributed by atoms with van der Waals surface area (Å²) in [6, 6.07) is 7.20. The molecule has 3 rings (SSSR count). The van der Waals surface area contributed by atoms with Gasteiger partial charge in [0.05, 0.1) is 28.4 Å². The van der Waals surface area contributed by atoms with Crippen molar-refractivity contribution in [3.8, 4) is 0 Å². The summed E-state index contributed by atoms with van der Waals surface area (Å²) in [5, 5.41) is 7.73. The molecule has 0 aromatic carbocycles. The highest BCUT2D eigenvalue weighted by molar-refractivity contribution is 5.97. The van der Waals surface area contributed by atoms with Gasteiger partial charge in [0.15, 0.2) is 0 Å². The van der Waals surface area contributed by atoms with Crippen LogP contribution in [0.3, 0.4) is 0 Å². The minimum Gasteiger partial charge on any atom is -0.344 e. The van der Waals surface area contributed by atoms with Gasteiger partial charge in [-0.25, -0.2) is 4.98 Å². The van der Waals surface area contributed by atoms with E-state index in [4.69, 9.17) is 4.52 Å². The first-order chi connectivity index (χ1) is 11.1. The van der Waals surface area contributed by atoms with Crippen LogP contribution >= 0.6 is 0 Å². The van der Waals surface area contributed by atoms with Gasteiger partial charge in [0, 0.05) is 12.4 Å². The van der Waals surface area contributed by atoms with E-state index in [1.165, 1.54) is 6.20 Å². The number of pyridine rings is 2. The molecule has 118 valence electrons. The molecule has 0 spiro atoms. The first kappa shape index (κ1) is 15.1. The Morgan fingerprint density at radius 3 is 2.74 bits per heavy atom. The maximum atomic E-state index is 12.4. The molecule has 3 aromatic heterocycles. The largest absolute Gasteiger partial charge is 0.344 e. The summed E-state index contributed by atoms with van der Waals surface area (Å²) in [4.78, 5) is 20.9. The highest BCUT2D eigenvalue weighted by Crippen LogP contribution is 2.24. The molecule has 3 aromatic rings. The van der Waals surface area contributed by atoms with Gasteiger partial charge in [-0.05, 0) is 31.0 Å². The van der Waals surface area contributed by atoms with E-state index in [1.54, 1.807) is 12.3 Å². The normalized spacial score (nSPS) is 12.5. The Kier molecular flexibility index (Phi) is 4.06. The number of amides is 1. The molecule has 1 atom stereocenters. The highest BCUT2D eigenvalue weighted by Gasteiger charge is 2.17. The van der Waals surface area contributed by atoms with Crippen LogP contribution in [0.2, 0.25) is 0 Å². The minimum atomic E-state index is -0.201. The van der Waals surface area contributed by atoms with Crippen LogP contribution in [0.4, 0.5) is 0 Å². The van der Waals surface area contributed by atoms with E-state index in [2.05, 4.69) is 20.4 Å². The second-order valence-electron chi connectivity index (χ2n) is 5.75. The van der Waals surface area contributed by atoms with Crippen LogP contribution in [0, 0.1) is 0 Å². The fraction of sp³-hybridized carbons (Fsp3) is 0.294. The molecular formula is C17H18N4O2. The number of aromatic nitrogens is 3. The number of hydrogen-bond donors (Lipinski definition) is 1. The van der Waals surface area contributed by atoms with E-state index < -0.39 is 0 Å². The van der Waals surface area contributed by atoms with Gasteiger partial charge in [0.25, 0.3) is 11.6 Å². The summed E-state index contributed by atoms with van der Waals surface area (Å²) in [7, 11) is 0. The van der Waals surface area contributed by atoms with Gasteiger partial charge in [0.2, 0.25) is 0 Å². The van der Waals surface area contributed by atoms with Gasteiger partial charge in [-0.2, -0.15) is 0 Å². The van der Waals surface area contributed by atoms with Crippen LogP contribution in [0.15, 0.2) is 41.2 Å². The summed E-state index contributed by atoms with van der Waals surface area (Å²) >= 11 is 0. The van der Waals surface area contributed by atoms with Crippen molar-refractivity contribution in [2.24, 2.45) is 0 Å². The molecule has 1 N–H and O–H groups in total. The molecule has 0 bridgehead atoms. The average Bonchev–Trinajstić information content (AvgIpc) is 2.98. The van der Waals surface area contributed by atoms with Gasteiger partial charge >= 0.3 is 0 Å². The Morgan fingerprint density at radius 2 is 2.04 bits per heavy atom. The van der Waals surface area contributed by atoms with E-state index >= 15 is 0 Å². The monoisotopic (exact) mass is 310 g/mol. The molecule has 3 heterocycles. The molecule has 0 saturated carbocycles. The highest BCUT2D eigenvalue weighted by atomic mass is 16.5. The van der Waals surface area contributed by atoms with Crippen LogP contribution in [-0.4, -0.2) is 21.0 Å². The summed E-state index contributed by atoms with van der Waals surface area (Å²) in [6.45, 7) is 5.94. The molecule has 0 fully saturated rings. The molecular weight excluding hydrogens is 292 g/mol.